The van der Waals surface area contributed by atoms with Crippen LogP contribution < -0.4 is 0 Å². The molecule has 1 fully saturated rings. The number of nitrogens with zero attached hydrogens (tertiary/aromatic N) is 1. The Morgan fingerprint density at radius 2 is 1.95 bits per heavy atom. The predicted octanol–water partition coefficient (Wildman–Crippen LogP) is 3.55. The van der Waals surface area contributed by atoms with E-state index in [1.165, 1.54) is 12.1 Å². The minimum atomic E-state index is -1.18. The summed E-state index contributed by atoms with van der Waals surface area (Å²) >= 11 is 3.42. The van der Waals surface area contributed by atoms with Crippen LogP contribution >= 0.6 is 15.9 Å². The van der Waals surface area contributed by atoms with Crippen LogP contribution in [0.15, 0.2) is 45.3 Å². The summed E-state index contributed by atoms with van der Waals surface area (Å²) in [6.45, 7) is 0.478. The van der Waals surface area contributed by atoms with E-state index in [1.54, 1.807) is 4.90 Å². The third kappa shape index (κ3) is 3.22. The number of aromatic carboxylic acids is 1. The minimum Gasteiger partial charge on any atom is -0.475 e. The molecule has 5 nitrogen and oxygen atoms in total. The molecule has 0 aliphatic heterocycles. The summed E-state index contributed by atoms with van der Waals surface area (Å²) in [4.78, 5) is 25.2. The second kappa shape index (κ2) is 5.96. The van der Waals surface area contributed by atoms with Gasteiger partial charge in [0.15, 0.2) is 5.76 Å². The number of hydrogen-bond donors (Lipinski definition) is 1. The highest BCUT2D eigenvalue weighted by molar-refractivity contribution is 9.10. The van der Waals surface area contributed by atoms with Crippen molar-refractivity contribution < 1.29 is 19.1 Å². The van der Waals surface area contributed by atoms with Gasteiger partial charge in [-0.25, -0.2) is 4.79 Å². The Morgan fingerprint density at radius 3 is 2.55 bits per heavy atom. The van der Waals surface area contributed by atoms with Crippen LogP contribution in [0.2, 0.25) is 0 Å². The van der Waals surface area contributed by atoms with Crippen LogP contribution in [0.25, 0.3) is 0 Å². The van der Waals surface area contributed by atoms with Crippen LogP contribution in [0.5, 0.6) is 0 Å². The van der Waals surface area contributed by atoms with Gasteiger partial charge in [0.1, 0.15) is 0 Å². The Balaban J connectivity index is 1.81. The van der Waals surface area contributed by atoms with Gasteiger partial charge in [-0.1, -0.05) is 28.1 Å². The fourth-order valence-corrected chi connectivity index (χ4v) is 2.74. The van der Waals surface area contributed by atoms with Crippen molar-refractivity contribution in [1.82, 2.24) is 4.90 Å². The van der Waals surface area contributed by atoms with Crippen molar-refractivity contribution in [2.24, 2.45) is 0 Å². The first-order valence-electron chi connectivity index (χ1n) is 6.93. The molecule has 0 atom stereocenters. The monoisotopic (exact) mass is 363 g/mol. The van der Waals surface area contributed by atoms with Gasteiger partial charge in [0.05, 0.1) is 0 Å². The lowest BCUT2D eigenvalue weighted by molar-refractivity contribution is 0.0644. The molecule has 0 saturated heterocycles. The van der Waals surface area contributed by atoms with Crippen molar-refractivity contribution in [2.45, 2.75) is 25.4 Å². The van der Waals surface area contributed by atoms with Gasteiger partial charge in [-0.05, 0) is 42.7 Å². The third-order valence-electron chi connectivity index (χ3n) is 3.52. The van der Waals surface area contributed by atoms with Crippen molar-refractivity contribution in [1.29, 1.82) is 0 Å². The highest BCUT2D eigenvalue weighted by atomic mass is 79.9. The van der Waals surface area contributed by atoms with Crippen molar-refractivity contribution >= 4 is 27.8 Å². The molecule has 6 heteroatoms. The molecule has 0 radical (unpaired) electrons. The third-order valence-corrected chi connectivity index (χ3v) is 4.01. The summed E-state index contributed by atoms with van der Waals surface area (Å²) in [5, 5.41) is 8.88. The molecule has 1 N–H and O–H groups in total. The summed E-state index contributed by atoms with van der Waals surface area (Å²) in [5.74, 6) is -1.60. The maximum atomic E-state index is 12.6. The lowest BCUT2D eigenvalue weighted by atomic mass is 10.2. The van der Waals surface area contributed by atoms with Gasteiger partial charge >= 0.3 is 5.97 Å². The predicted molar refractivity (Wildman–Crippen MR) is 82.7 cm³/mol. The van der Waals surface area contributed by atoms with E-state index in [0.29, 0.717) is 6.54 Å². The van der Waals surface area contributed by atoms with Gasteiger partial charge in [0, 0.05) is 17.1 Å². The van der Waals surface area contributed by atoms with Gasteiger partial charge in [-0.2, -0.15) is 0 Å². The number of benzene rings is 1. The van der Waals surface area contributed by atoms with E-state index < -0.39 is 5.97 Å². The smallest absolute Gasteiger partial charge is 0.371 e. The van der Waals surface area contributed by atoms with Gasteiger partial charge in [-0.3, -0.25) is 4.79 Å². The fraction of sp³-hybridized carbons (Fsp3) is 0.250. The number of amides is 1. The molecule has 114 valence electrons. The molecule has 1 aliphatic rings. The van der Waals surface area contributed by atoms with Crippen LogP contribution in [0.4, 0.5) is 0 Å². The second-order valence-corrected chi connectivity index (χ2v) is 6.18. The molecule has 2 aromatic rings. The zero-order valence-electron chi connectivity index (χ0n) is 11.7. The largest absolute Gasteiger partial charge is 0.475 e. The first kappa shape index (κ1) is 14.8. The average molecular weight is 364 g/mol. The van der Waals surface area contributed by atoms with Crippen LogP contribution in [-0.4, -0.2) is 27.9 Å². The molecule has 3 rings (SSSR count). The number of carboxylic acid groups (broad SMARTS) is 1. The first-order valence-corrected chi connectivity index (χ1v) is 7.72. The number of carboxylic acids is 1. The quantitative estimate of drug-likeness (QED) is 0.881. The van der Waals surface area contributed by atoms with Gasteiger partial charge in [0.2, 0.25) is 5.76 Å². The Hall–Kier alpha value is -2.08. The number of furan rings is 1. The molecule has 1 amide bonds. The Labute approximate surface area is 135 Å². The van der Waals surface area contributed by atoms with Crippen LogP contribution in [0, 0.1) is 0 Å². The highest BCUT2D eigenvalue weighted by Crippen LogP contribution is 2.30. The molecule has 22 heavy (non-hydrogen) atoms. The Morgan fingerprint density at radius 1 is 1.23 bits per heavy atom. The van der Waals surface area contributed by atoms with Crippen molar-refractivity contribution in [3.63, 3.8) is 0 Å². The lowest BCUT2D eigenvalue weighted by Crippen LogP contribution is -2.32. The van der Waals surface area contributed by atoms with E-state index in [-0.39, 0.29) is 23.5 Å². The van der Waals surface area contributed by atoms with Gasteiger partial charge in [0.25, 0.3) is 5.91 Å². The minimum absolute atomic E-state index is 0.0688. The Kier molecular flexibility index (Phi) is 4.02. The maximum Gasteiger partial charge on any atom is 0.371 e. The highest BCUT2D eigenvalue weighted by Gasteiger charge is 2.34. The molecule has 1 aliphatic carbocycles. The lowest BCUT2D eigenvalue weighted by Gasteiger charge is -2.21. The molecule has 1 aromatic carbocycles. The number of carbonyl (C=O) groups excluding carboxylic acids is 1. The standard InChI is InChI=1S/C16H14BrNO4/c17-11-3-1-2-10(8-11)9-18(12-4-5-12)15(19)13-6-7-14(22-13)16(20)21/h1-3,6-8,12H,4-5,9H2,(H,20,21). The summed E-state index contributed by atoms with van der Waals surface area (Å²) in [5.41, 5.74) is 1.01. The van der Waals surface area contributed by atoms with Crippen LogP contribution in [0.3, 0.4) is 0 Å². The summed E-state index contributed by atoms with van der Waals surface area (Å²) in [6, 6.07) is 10.7. The average Bonchev–Trinajstić information content (AvgIpc) is 3.19. The first-order chi connectivity index (χ1) is 10.5. The number of carbonyl (C=O) groups is 2. The van der Waals surface area contributed by atoms with E-state index in [4.69, 9.17) is 9.52 Å². The summed E-state index contributed by atoms with van der Waals surface area (Å²) in [7, 11) is 0. The zero-order valence-corrected chi connectivity index (χ0v) is 13.2. The van der Waals surface area contributed by atoms with Crippen LogP contribution in [-0.2, 0) is 6.54 Å². The van der Waals surface area contributed by atoms with Gasteiger partial charge < -0.3 is 14.4 Å². The van der Waals surface area contributed by atoms with Crippen molar-refractivity contribution in [3.05, 3.63) is 58.0 Å². The molecule has 1 saturated carbocycles. The fourth-order valence-electron chi connectivity index (χ4n) is 2.29. The normalized spacial score (nSPS) is 13.9. The molecular formula is C16H14BrNO4. The molecule has 0 spiro atoms. The second-order valence-electron chi connectivity index (χ2n) is 5.26. The molecule has 0 bridgehead atoms. The topological polar surface area (TPSA) is 70.8 Å². The summed E-state index contributed by atoms with van der Waals surface area (Å²) < 4.78 is 6.08. The maximum absolute atomic E-state index is 12.6. The SMILES string of the molecule is O=C(O)c1ccc(C(=O)N(Cc2cccc(Br)c2)C2CC2)o1. The van der Waals surface area contributed by atoms with Gasteiger partial charge in [-0.15, -0.1) is 0 Å². The number of hydrogen-bond acceptors (Lipinski definition) is 3. The molecule has 1 heterocycles. The van der Waals surface area contributed by atoms with E-state index >= 15 is 0 Å². The number of halogens is 1. The summed E-state index contributed by atoms with van der Waals surface area (Å²) in [6.07, 6.45) is 1.93. The molecule has 0 unspecified atom stereocenters. The van der Waals surface area contributed by atoms with E-state index in [2.05, 4.69) is 15.9 Å². The number of rotatable bonds is 5. The van der Waals surface area contributed by atoms with Crippen molar-refractivity contribution in [2.75, 3.05) is 0 Å². The van der Waals surface area contributed by atoms with Crippen LogP contribution in [0.1, 0.15) is 39.5 Å². The Bertz CT molecular complexity index is 720. The van der Waals surface area contributed by atoms with Crippen molar-refractivity contribution in [3.8, 4) is 0 Å². The van der Waals surface area contributed by atoms with E-state index in [9.17, 15) is 9.59 Å². The van der Waals surface area contributed by atoms with E-state index in [1.807, 2.05) is 24.3 Å². The molecule has 1 aromatic heterocycles. The molecular weight excluding hydrogens is 350 g/mol. The zero-order chi connectivity index (χ0) is 15.7. The van der Waals surface area contributed by atoms with E-state index in [0.717, 1.165) is 22.9 Å².